The molecule has 1 heterocycles. The molecular weight excluding hydrogens is 290 g/mol. The van der Waals surface area contributed by atoms with Crippen molar-refractivity contribution in [2.24, 2.45) is 11.3 Å². The van der Waals surface area contributed by atoms with E-state index in [0.29, 0.717) is 6.54 Å². The molecule has 3 N–H and O–H groups in total. The summed E-state index contributed by atoms with van der Waals surface area (Å²) < 4.78 is 0. The molecule has 0 radical (unpaired) electrons. The minimum absolute atomic E-state index is 0.0364. The summed E-state index contributed by atoms with van der Waals surface area (Å²) in [5.74, 6) is -0.00884. The van der Waals surface area contributed by atoms with Crippen molar-refractivity contribution >= 4 is 11.8 Å². The van der Waals surface area contributed by atoms with Crippen molar-refractivity contribution in [3.63, 3.8) is 0 Å². The first kappa shape index (κ1) is 16.0. The first-order valence-corrected chi connectivity index (χ1v) is 8.43. The van der Waals surface area contributed by atoms with Crippen molar-refractivity contribution in [2.45, 2.75) is 38.8 Å². The van der Waals surface area contributed by atoms with Gasteiger partial charge in [-0.05, 0) is 50.3 Å². The predicted molar refractivity (Wildman–Crippen MR) is 88.5 cm³/mol. The zero-order valence-corrected chi connectivity index (χ0v) is 13.6. The van der Waals surface area contributed by atoms with Crippen LogP contribution in [0.2, 0.25) is 0 Å². The first-order chi connectivity index (χ1) is 11.1. The number of hydrogen-bond acceptors (Lipinski definition) is 3. The van der Waals surface area contributed by atoms with E-state index in [0.717, 1.165) is 37.9 Å². The summed E-state index contributed by atoms with van der Waals surface area (Å²) >= 11 is 0. The number of piperidine rings is 1. The van der Waals surface area contributed by atoms with E-state index in [2.05, 4.69) is 16.0 Å². The molecular formula is C18H25N3O2. The maximum Gasteiger partial charge on any atom is 0.242 e. The van der Waals surface area contributed by atoms with Crippen LogP contribution in [0.15, 0.2) is 30.3 Å². The molecule has 5 nitrogen and oxygen atoms in total. The number of benzene rings is 1. The first-order valence-electron chi connectivity index (χ1n) is 8.43. The van der Waals surface area contributed by atoms with Crippen molar-refractivity contribution in [1.29, 1.82) is 0 Å². The van der Waals surface area contributed by atoms with E-state index in [1.165, 1.54) is 0 Å². The second kappa shape index (κ2) is 6.71. The van der Waals surface area contributed by atoms with E-state index in [9.17, 15) is 9.59 Å². The van der Waals surface area contributed by atoms with Gasteiger partial charge in [0.25, 0.3) is 0 Å². The molecule has 2 fully saturated rings. The van der Waals surface area contributed by atoms with Gasteiger partial charge in [0.1, 0.15) is 6.04 Å². The third-order valence-electron chi connectivity index (χ3n) is 5.17. The van der Waals surface area contributed by atoms with Crippen LogP contribution >= 0.6 is 0 Å². The van der Waals surface area contributed by atoms with Gasteiger partial charge in [0.15, 0.2) is 0 Å². The summed E-state index contributed by atoms with van der Waals surface area (Å²) in [5.41, 5.74) is 1.26. The van der Waals surface area contributed by atoms with Gasteiger partial charge < -0.3 is 16.0 Å². The maximum absolute atomic E-state index is 12.4. The number of rotatable bonds is 5. The Morgan fingerprint density at radius 3 is 2.65 bits per heavy atom. The molecule has 1 aliphatic heterocycles. The monoisotopic (exact) mass is 315 g/mol. The second-order valence-electron chi connectivity index (χ2n) is 6.80. The second-order valence-corrected chi connectivity index (χ2v) is 6.80. The number of carbonyl (C=O) groups is 2. The van der Waals surface area contributed by atoms with E-state index in [1.54, 1.807) is 6.92 Å². The molecule has 1 aromatic rings. The van der Waals surface area contributed by atoms with Gasteiger partial charge in [-0.1, -0.05) is 30.3 Å². The molecule has 2 aliphatic rings. The van der Waals surface area contributed by atoms with Gasteiger partial charge in [0, 0.05) is 12.5 Å². The molecule has 0 bridgehead atoms. The summed E-state index contributed by atoms with van der Waals surface area (Å²) in [7, 11) is 0. The minimum Gasteiger partial charge on any atom is -0.350 e. The van der Waals surface area contributed by atoms with Crippen LogP contribution in [0, 0.1) is 11.3 Å². The van der Waals surface area contributed by atoms with E-state index < -0.39 is 6.04 Å². The van der Waals surface area contributed by atoms with Gasteiger partial charge in [0.05, 0.1) is 0 Å². The third kappa shape index (κ3) is 3.72. The summed E-state index contributed by atoms with van der Waals surface area (Å²) in [6.45, 7) is 4.22. The highest BCUT2D eigenvalue weighted by molar-refractivity contribution is 5.89. The average molecular weight is 315 g/mol. The van der Waals surface area contributed by atoms with E-state index >= 15 is 0 Å². The van der Waals surface area contributed by atoms with Crippen LogP contribution in [0.4, 0.5) is 0 Å². The SMILES string of the molecule is CC(NC(=O)C1CC12CCNCC2)C(=O)NCc1ccccc1. The average Bonchev–Trinajstić information content (AvgIpc) is 3.27. The van der Waals surface area contributed by atoms with Crippen LogP contribution in [0.3, 0.4) is 0 Å². The highest BCUT2D eigenvalue weighted by Crippen LogP contribution is 2.58. The van der Waals surface area contributed by atoms with Crippen molar-refractivity contribution in [3.8, 4) is 0 Å². The van der Waals surface area contributed by atoms with Gasteiger partial charge >= 0.3 is 0 Å². The molecule has 5 heteroatoms. The van der Waals surface area contributed by atoms with Crippen LogP contribution in [-0.2, 0) is 16.1 Å². The Bertz CT molecular complexity index is 567. The Morgan fingerprint density at radius 2 is 1.96 bits per heavy atom. The van der Waals surface area contributed by atoms with Gasteiger partial charge in [-0.2, -0.15) is 0 Å². The van der Waals surface area contributed by atoms with Gasteiger partial charge in [-0.3, -0.25) is 9.59 Å². The standard InChI is InChI=1S/C18H25N3O2/c1-13(16(22)20-12-14-5-3-2-4-6-14)21-17(23)15-11-18(15)7-9-19-10-8-18/h2-6,13,15,19H,7-12H2,1H3,(H,20,22)(H,21,23). The minimum atomic E-state index is -0.495. The molecule has 1 aliphatic carbocycles. The summed E-state index contributed by atoms with van der Waals surface area (Å²) in [6.07, 6.45) is 3.11. The largest absolute Gasteiger partial charge is 0.350 e. The molecule has 2 unspecified atom stereocenters. The molecule has 23 heavy (non-hydrogen) atoms. The molecule has 124 valence electrons. The van der Waals surface area contributed by atoms with Crippen molar-refractivity contribution in [1.82, 2.24) is 16.0 Å². The maximum atomic E-state index is 12.4. The highest BCUT2D eigenvalue weighted by atomic mass is 16.2. The molecule has 1 saturated heterocycles. The molecule has 1 saturated carbocycles. The Morgan fingerprint density at radius 1 is 1.26 bits per heavy atom. The smallest absolute Gasteiger partial charge is 0.242 e. The molecule has 2 atom stereocenters. The Labute approximate surface area is 137 Å². The van der Waals surface area contributed by atoms with Crippen LogP contribution in [0.25, 0.3) is 0 Å². The van der Waals surface area contributed by atoms with E-state index in [1.807, 2.05) is 30.3 Å². The highest BCUT2D eigenvalue weighted by Gasteiger charge is 2.57. The zero-order chi connectivity index (χ0) is 16.3. The van der Waals surface area contributed by atoms with Gasteiger partial charge in [0.2, 0.25) is 11.8 Å². The topological polar surface area (TPSA) is 70.2 Å². The molecule has 0 aromatic heterocycles. The normalized spacial score (nSPS) is 23.1. The van der Waals surface area contributed by atoms with Crippen LogP contribution in [0.1, 0.15) is 31.7 Å². The van der Waals surface area contributed by atoms with Crippen molar-refractivity contribution < 1.29 is 9.59 Å². The Hall–Kier alpha value is -1.88. The summed E-state index contributed by atoms with van der Waals surface area (Å²) in [6, 6.07) is 9.27. The predicted octanol–water partition coefficient (Wildman–Crippen LogP) is 1.20. The fourth-order valence-electron chi connectivity index (χ4n) is 3.51. The number of hydrogen-bond donors (Lipinski definition) is 3. The number of nitrogens with one attached hydrogen (secondary N) is 3. The zero-order valence-electron chi connectivity index (χ0n) is 13.6. The number of amides is 2. The fourth-order valence-corrected chi connectivity index (χ4v) is 3.51. The van der Waals surface area contributed by atoms with Gasteiger partial charge in [-0.25, -0.2) is 0 Å². The Kier molecular flexibility index (Phi) is 4.66. The summed E-state index contributed by atoms with van der Waals surface area (Å²) in [5, 5.41) is 9.08. The molecule has 2 amide bonds. The van der Waals surface area contributed by atoms with E-state index in [4.69, 9.17) is 0 Å². The molecule has 3 rings (SSSR count). The fraction of sp³-hybridized carbons (Fsp3) is 0.556. The quantitative estimate of drug-likeness (QED) is 0.764. The third-order valence-corrected chi connectivity index (χ3v) is 5.17. The van der Waals surface area contributed by atoms with Crippen LogP contribution < -0.4 is 16.0 Å². The molecule has 1 aromatic carbocycles. The van der Waals surface area contributed by atoms with E-state index in [-0.39, 0.29) is 23.1 Å². The van der Waals surface area contributed by atoms with Crippen molar-refractivity contribution in [3.05, 3.63) is 35.9 Å². The Balaban J connectivity index is 1.44. The van der Waals surface area contributed by atoms with Crippen LogP contribution in [-0.4, -0.2) is 30.9 Å². The van der Waals surface area contributed by atoms with Crippen LogP contribution in [0.5, 0.6) is 0 Å². The summed E-state index contributed by atoms with van der Waals surface area (Å²) in [4.78, 5) is 24.5. The molecule has 1 spiro atoms. The number of carbonyl (C=O) groups excluding carboxylic acids is 2. The lowest BCUT2D eigenvalue weighted by Crippen LogP contribution is -2.46. The van der Waals surface area contributed by atoms with Gasteiger partial charge in [-0.15, -0.1) is 0 Å². The lowest BCUT2D eigenvalue weighted by molar-refractivity contribution is -0.129. The van der Waals surface area contributed by atoms with Crippen molar-refractivity contribution in [2.75, 3.05) is 13.1 Å². The lowest BCUT2D eigenvalue weighted by atomic mass is 9.91. The lowest BCUT2D eigenvalue weighted by Gasteiger charge is -2.23.